The zero-order valence-electron chi connectivity index (χ0n) is 12.1. The van der Waals surface area contributed by atoms with Crippen LogP contribution in [-0.2, 0) is 10.0 Å². The molecule has 0 saturated carbocycles. The average molecular weight is 339 g/mol. The number of hydrogen-bond acceptors (Lipinski definition) is 3. The Labute approximate surface area is 134 Å². The first-order chi connectivity index (χ1) is 10.3. The number of benzene rings is 2. The molecule has 7 heteroatoms. The van der Waals surface area contributed by atoms with Crippen LogP contribution in [0, 0.1) is 13.8 Å². The number of halogens is 1. The summed E-state index contributed by atoms with van der Waals surface area (Å²) in [6, 6.07) is 10.6. The third kappa shape index (κ3) is 3.58. The summed E-state index contributed by atoms with van der Waals surface area (Å²) in [6.07, 6.45) is 0. The van der Waals surface area contributed by atoms with Crippen LogP contribution in [0.2, 0.25) is 5.02 Å². The lowest BCUT2D eigenvalue weighted by Crippen LogP contribution is -2.34. The summed E-state index contributed by atoms with van der Waals surface area (Å²) in [5.74, 6) is 0. The average Bonchev–Trinajstić information content (AvgIpc) is 2.43. The predicted molar refractivity (Wildman–Crippen MR) is 86.7 cm³/mol. The van der Waals surface area contributed by atoms with Crippen molar-refractivity contribution < 1.29 is 13.2 Å². The standard InChI is InChI=1S/C15H15ClN2O3S/c1-10-6-5-7-11(2)14(10)17-15(19)18-22(20,21)13-9-4-3-8-12(13)16/h3-9H,1-2H3,(H2,17,18,19). The lowest BCUT2D eigenvalue weighted by molar-refractivity contribution is 0.256. The zero-order valence-corrected chi connectivity index (χ0v) is 13.6. The molecule has 2 aromatic rings. The minimum atomic E-state index is -4.03. The maximum atomic E-state index is 12.2. The highest BCUT2D eigenvalue weighted by Crippen LogP contribution is 2.21. The third-order valence-electron chi connectivity index (χ3n) is 3.07. The molecule has 116 valence electrons. The second-order valence-corrected chi connectivity index (χ2v) is 6.81. The van der Waals surface area contributed by atoms with Crippen LogP contribution in [0.3, 0.4) is 0 Å². The number of urea groups is 1. The number of sulfonamides is 1. The highest BCUT2D eigenvalue weighted by atomic mass is 35.5. The number of carbonyl (C=O) groups excluding carboxylic acids is 1. The van der Waals surface area contributed by atoms with Gasteiger partial charge in [-0.25, -0.2) is 17.9 Å². The fourth-order valence-corrected chi connectivity index (χ4v) is 3.42. The SMILES string of the molecule is Cc1cccc(C)c1NC(=O)NS(=O)(=O)c1ccccc1Cl. The largest absolute Gasteiger partial charge is 0.333 e. The molecule has 0 fully saturated rings. The molecule has 2 amide bonds. The van der Waals surface area contributed by atoms with Crippen molar-refractivity contribution in [1.82, 2.24) is 4.72 Å². The molecular weight excluding hydrogens is 324 g/mol. The Balaban J connectivity index is 2.21. The molecule has 22 heavy (non-hydrogen) atoms. The van der Waals surface area contributed by atoms with E-state index < -0.39 is 16.1 Å². The van der Waals surface area contributed by atoms with Gasteiger partial charge in [0.15, 0.2) is 0 Å². The van der Waals surface area contributed by atoms with E-state index in [4.69, 9.17) is 11.6 Å². The van der Waals surface area contributed by atoms with Gasteiger partial charge >= 0.3 is 6.03 Å². The van der Waals surface area contributed by atoms with E-state index in [2.05, 4.69) is 5.32 Å². The highest BCUT2D eigenvalue weighted by molar-refractivity contribution is 7.90. The summed E-state index contributed by atoms with van der Waals surface area (Å²) in [6.45, 7) is 3.65. The van der Waals surface area contributed by atoms with E-state index in [1.165, 1.54) is 18.2 Å². The summed E-state index contributed by atoms with van der Waals surface area (Å²) < 4.78 is 26.3. The molecule has 0 aromatic heterocycles. The normalized spacial score (nSPS) is 11.0. The quantitative estimate of drug-likeness (QED) is 0.899. The van der Waals surface area contributed by atoms with Crippen molar-refractivity contribution >= 4 is 33.3 Å². The Morgan fingerprint density at radius 2 is 1.59 bits per heavy atom. The van der Waals surface area contributed by atoms with Gasteiger partial charge in [-0.15, -0.1) is 0 Å². The lowest BCUT2D eigenvalue weighted by Gasteiger charge is -2.13. The van der Waals surface area contributed by atoms with Crippen molar-refractivity contribution in [3.8, 4) is 0 Å². The number of amides is 2. The molecule has 2 rings (SSSR count). The minimum absolute atomic E-state index is 0.0508. The highest BCUT2D eigenvalue weighted by Gasteiger charge is 2.20. The fourth-order valence-electron chi connectivity index (χ4n) is 1.99. The van der Waals surface area contributed by atoms with Crippen LogP contribution in [0.5, 0.6) is 0 Å². The Hall–Kier alpha value is -2.05. The van der Waals surface area contributed by atoms with E-state index >= 15 is 0 Å². The van der Waals surface area contributed by atoms with E-state index in [1.54, 1.807) is 6.07 Å². The van der Waals surface area contributed by atoms with Gasteiger partial charge < -0.3 is 5.32 Å². The monoisotopic (exact) mass is 338 g/mol. The lowest BCUT2D eigenvalue weighted by atomic mass is 10.1. The first-order valence-electron chi connectivity index (χ1n) is 6.46. The third-order valence-corrected chi connectivity index (χ3v) is 4.90. The number of para-hydroxylation sites is 1. The maximum Gasteiger partial charge on any atom is 0.333 e. The number of rotatable bonds is 3. The number of carbonyl (C=O) groups is 1. The van der Waals surface area contributed by atoms with Gasteiger partial charge in [-0.05, 0) is 37.1 Å². The van der Waals surface area contributed by atoms with Gasteiger partial charge in [-0.1, -0.05) is 41.9 Å². The van der Waals surface area contributed by atoms with Crippen molar-refractivity contribution in [3.05, 3.63) is 58.6 Å². The Bertz CT molecular complexity index is 799. The Morgan fingerprint density at radius 1 is 1.00 bits per heavy atom. The molecule has 0 unspecified atom stereocenters. The van der Waals surface area contributed by atoms with Crippen molar-refractivity contribution in [2.24, 2.45) is 0 Å². The van der Waals surface area contributed by atoms with Crippen molar-refractivity contribution in [1.29, 1.82) is 0 Å². The number of nitrogens with one attached hydrogen (secondary N) is 2. The molecule has 0 spiro atoms. The van der Waals surface area contributed by atoms with Gasteiger partial charge in [-0.2, -0.15) is 0 Å². The molecule has 2 aromatic carbocycles. The Morgan fingerprint density at radius 3 is 2.18 bits per heavy atom. The van der Waals surface area contributed by atoms with Crippen molar-refractivity contribution in [2.45, 2.75) is 18.7 Å². The smallest absolute Gasteiger partial charge is 0.307 e. The molecule has 0 aliphatic heterocycles. The summed E-state index contributed by atoms with van der Waals surface area (Å²) in [7, 11) is -4.03. The van der Waals surface area contributed by atoms with Gasteiger partial charge in [0.2, 0.25) is 0 Å². The molecule has 2 N–H and O–H groups in total. The summed E-state index contributed by atoms with van der Waals surface area (Å²) >= 11 is 5.85. The van der Waals surface area contributed by atoms with Crippen LogP contribution < -0.4 is 10.0 Å². The van der Waals surface area contributed by atoms with Crippen LogP contribution in [-0.4, -0.2) is 14.4 Å². The molecule has 0 heterocycles. The van der Waals surface area contributed by atoms with Crippen molar-refractivity contribution in [2.75, 3.05) is 5.32 Å². The van der Waals surface area contributed by atoms with Crippen LogP contribution in [0.15, 0.2) is 47.4 Å². The maximum absolute atomic E-state index is 12.2. The molecular formula is C15H15ClN2O3S. The first-order valence-corrected chi connectivity index (χ1v) is 8.32. The van der Waals surface area contributed by atoms with Gasteiger partial charge in [0.05, 0.1) is 5.02 Å². The van der Waals surface area contributed by atoms with Crippen LogP contribution in [0.1, 0.15) is 11.1 Å². The zero-order chi connectivity index (χ0) is 16.3. The van der Waals surface area contributed by atoms with Crippen LogP contribution in [0.25, 0.3) is 0 Å². The number of aryl methyl sites for hydroxylation is 2. The molecule has 0 radical (unpaired) electrons. The molecule has 0 saturated heterocycles. The van der Waals surface area contributed by atoms with Crippen molar-refractivity contribution in [3.63, 3.8) is 0 Å². The second-order valence-electron chi connectivity index (χ2n) is 4.76. The van der Waals surface area contributed by atoms with Gasteiger partial charge in [0, 0.05) is 5.69 Å². The van der Waals surface area contributed by atoms with E-state index in [0.717, 1.165) is 11.1 Å². The first kappa shape index (κ1) is 16.3. The summed E-state index contributed by atoms with van der Waals surface area (Å²) in [5, 5.41) is 2.60. The molecule has 0 aliphatic rings. The van der Waals surface area contributed by atoms with E-state index in [-0.39, 0.29) is 9.92 Å². The number of anilines is 1. The van der Waals surface area contributed by atoms with E-state index in [0.29, 0.717) is 5.69 Å². The Kier molecular flexibility index (Phi) is 4.73. The van der Waals surface area contributed by atoms with E-state index in [9.17, 15) is 13.2 Å². The van der Waals surface area contributed by atoms with Gasteiger partial charge in [0.25, 0.3) is 10.0 Å². The van der Waals surface area contributed by atoms with Crippen LogP contribution >= 0.6 is 11.6 Å². The number of hydrogen-bond donors (Lipinski definition) is 2. The molecule has 0 bridgehead atoms. The molecule has 0 atom stereocenters. The van der Waals surface area contributed by atoms with Crippen LogP contribution in [0.4, 0.5) is 10.5 Å². The molecule has 5 nitrogen and oxygen atoms in total. The second kappa shape index (κ2) is 6.37. The molecule has 0 aliphatic carbocycles. The van der Waals surface area contributed by atoms with Gasteiger partial charge in [0.1, 0.15) is 4.90 Å². The minimum Gasteiger partial charge on any atom is -0.307 e. The summed E-state index contributed by atoms with van der Waals surface area (Å²) in [4.78, 5) is 11.8. The topological polar surface area (TPSA) is 75.3 Å². The van der Waals surface area contributed by atoms with Gasteiger partial charge in [-0.3, -0.25) is 0 Å². The summed E-state index contributed by atoms with van der Waals surface area (Å²) in [5.41, 5.74) is 2.25. The fraction of sp³-hybridized carbons (Fsp3) is 0.133. The van der Waals surface area contributed by atoms with E-state index in [1.807, 2.05) is 36.8 Å². The predicted octanol–water partition coefficient (Wildman–Crippen LogP) is 3.47.